The molecule has 1 aromatic heterocycles. The summed E-state index contributed by atoms with van der Waals surface area (Å²) in [4.78, 5) is 5.04. The smallest absolute Gasteiger partial charge is 0.0726 e. The van der Waals surface area contributed by atoms with Gasteiger partial charge in [-0.1, -0.05) is 49.2 Å². The molecule has 1 saturated carbocycles. The van der Waals surface area contributed by atoms with Gasteiger partial charge >= 0.3 is 0 Å². The molecule has 5 rings (SSSR count). The lowest BCUT2D eigenvalue weighted by molar-refractivity contribution is 0.316. The van der Waals surface area contributed by atoms with E-state index in [1.165, 1.54) is 54.4 Å². The summed E-state index contributed by atoms with van der Waals surface area (Å²) in [5, 5.41) is 4.96. The first-order chi connectivity index (χ1) is 11.8. The molecule has 0 aliphatic heterocycles. The van der Waals surface area contributed by atoms with Crippen LogP contribution in [0, 0.1) is 5.41 Å². The molecule has 0 radical (unpaired) electrons. The minimum Gasteiger partial charge on any atom is -0.355 e. The normalized spacial score (nSPS) is 18.2. The number of hydrogen-bond acceptors (Lipinski definition) is 2. The van der Waals surface area contributed by atoms with Crippen LogP contribution < -0.4 is 5.32 Å². The first-order valence-electron chi connectivity index (χ1n) is 9.06. The van der Waals surface area contributed by atoms with Gasteiger partial charge < -0.3 is 5.32 Å². The first kappa shape index (κ1) is 14.0. The number of hydrogen-bond donors (Lipinski definition) is 1. The third-order valence-corrected chi connectivity index (χ3v) is 5.88. The Bertz CT molecular complexity index is 892. The van der Waals surface area contributed by atoms with Crippen molar-refractivity contribution in [3.63, 3.8) is 0 Å². The van der Waals surface area contributed by atoms with Crippen molar-refractivity contribution in [2.24, 2.45) is 5.41 Å². The number of anilines is 2. The largest absolute Gasteiger partial charge is 0.355 e. The lowest BCUT2D eigenvalue weighted by atomic mass is 9.83. The van der Waals surface area contributed by atoms with Gasteiger partial charge in [-0.05, 0) is 54.9 Å². The highest BCUT2D eigenvalue weighted by atomic mass is 14.9. The molecule has 0 amide bonds. The van der Waals surface area contributed by atoms with Gasteiger partial charge in [0.1, 0.15) is 0 Å². The number of pyridine rings is 1. The number of rotatable bonds is 2. The highest BCUT2D eigenvalue weighted by molar-refractivity contribution is 5.95. The van der Waals surface area contributed by atoms with Gasteiger partial charge in [-0.25, -0.2) is 0 Å². The Kier molecular flexibility index (Phi) is 3.12. The van der Waals surface area contributed by atoms with Crippen molar-refractivity contribution in [2.45, 2.75) is 38.5 Å². The zero-order valence-electron chi connectivity index (χ0n) is 13.9. The summed E-state index contributed by atoms with van der Waals surface area (Å²) in [5.74, 6) is 0. The van der Waals surface area contributed by atoms with Crippen LogP contribution in [-0.4, -0.2) is 4.98 Å². The van der Waals surface area contributed by atoms with Crippen LogP contribution in [0.1, 0.15) is 36.9 Å². The summed E-state index contributed by atoms with van der Waals surface area (Å²) < 4.78 is 0. The van der Waals surface area contributed by atoms with Crippen molar-refractivity contribution < 1.29 is 0 Å². The molecular formula is C22H22N2. The number of para-hydroxylation sites is 2. The molecule has 1 fully saturated rings. The predicted molar refractivity (Wildman–Crippen MR) is 99.8 cm³/mol. The Labute approximate surface area is 142 Å². The minimum absolute atomic E-state index is 0.486. The molecule has 1 N–H and O–H groups in total. The van der Waals surface area contributed by atoms with Gasteiger partial charge in [0.25, 0.3) is 0 Å². The summed E-state index contributed by atoms with van der Waals surface area (Å²) in [5.41, 5.74) is 6.83. The van der Waals surface area contributed by atoms with E-state index in [0.29, 0.717) is 5.41 Å². The molecule has 120 valence electrons. The van der Waals surface area contributed by atoms with Crippen LogP contribution in [-0.2, 0) is 12.8 Å². The van der Waals surface area contributed by atoms with Crippen LogP contribution in [0.15, 0.2) is 54.6 Å². The van der Waals surface area contributed by atoms with Crippen LogP contribution in [0.2, 0.25) is 0 Å². The number of nitrogens with zero attached hydrogens (tertiary/aromatic N) is 1. The lowest BCUT2D eigenvalue weighted by Crippen LogP contribution is -2.16. The fourth-order valence-electron chi connectivity index (χ4n) is 4.72. The van der Waals surface area contributed by atoms with E-state index in [9.17, 15) is 0 Å². The molecule has 0 unspecified atom stereocenters. The Morgan fingerprint density at radius 1 is 0.833 bits per heavy atom. The van der Waals surface area contributed by atoms with Crippen molar-refractivity contribution in [2.75, 3.05) is 5.32 Å². The van der Waals surface area contributed by atoms with Crippen LogP contribution in [0.3, 0.4) is 0 Å². The average molecular weight is 314 g/mol. The van der Waals surface area contributed by atoms with E-state index >= 15 is 0 Å². The lowest BCUT2D eigenvalue weighted by Gasteiger charge is -2.21. The van der Waals surface area contributed by atoms with Crippen molar-refractivity contribution in [1.82, 2.24) is 4.98 Å². The van der Waals surface area contributed by atoms with Crippen LogP contribution in [0.4, 0.5) is 11.4 Å². The van der Waals surface area contributed by atoms with E-state index in [-0.39, 0.29) is 0 Å². The van der Waals surface area contributed by atoms with E-state index in [1.807, 2.05) is 0 Å². The molecule has 1 spiro atoms. The maximum atomic E-state index is 5.04. The molecule has 0 bridgehead atoms. The molecule has 2 heteroatoms. The van der Waals surface area contributed by atoms with Gasteiger partial charge in [0.05, 0.1) is 11.2 Å². The third-order valence-electron chi connectivity index (χ3n) is 5.88. The van der Waals surface area contributed by atoms with Crippen LogP contribution in [0.25, 0.3) is 10.9 Å². The maximum Gasteiger partial charge on any atom is 0.0726 e. The first-order valence-corrected chi connectivity index (χ1v) is 9.06. The second-order valence-corrected chi connectivity index (χ2v) is 7.48. The molecule has 0 atom stereocenters. The Morgan fingerprint density at radius 2 is 1.58 bits per heavy atom. The van der Waals surface area contributed by atoms with Gasteiger partial charge in [-0.3, -0.25) is 4.98 Å². The molecule has 0 saturated heterocycles. The summed E-state index contributed by atoms with van der Waals surface area (Å²) >= 11 is 0. The Morgan fingerprint density at radius 3 is 2.42 bits per heavy atom. The van der Waals surface area contributed by atoms with Crippen molar-refractivity contribution in [1.29, 1.82) is 0 Å². The van der Waals surface area contributed by atoms with Crippen molar-refractivity contribution >= 4 is 22.3 Å². The van der Waals surface area contributed by atoms with Gasteiger partial charge in [-0.2, -0.15) is 0 Å². The average Bonchev–Trinajstić information content (AvgIpc) is 3.22. The van der Waals surface area contributed by atoms with E-state index in [2.05, 4.69) is 59.9 Å². The Balaban J connectivity index is 1.67. The number of aromatic nitrogens is 1. The second kappa shape index (κ2) is 5.34. The third kappa shape index (κ3) is 2.21. The van der Waals surface area contributed by atoms with E-state index in [0.717, 1.165) is 17.6 Å². The van der Waals surface area contributed by atoms with Gasteiger partial charge in [0.2, 0.25) is 0 Å². The number of fused-ring (bicyclic) bond motifs is 2. The van der Waals surface area contributed by atoms with Gasteiger partial charge in [-0.15, -0.1) is 0 Å². The zero-order chi connectivity index (χ0) is 16.0. The van der Waals surface area contributed by atoms with Crippen LogP contribution >= 0.6 is 0 Å². The molecule has 2 aliphatic rings. The van der Waals surface area contributed by atoms with Crippen molar-refractivity contribution in [3.05, 3.63) is 65.9 Å². The topological polar surface area (TPSA) is 24.9 Å². The van der Waals surface area contributed by atoms with Crippen LogP contribution in [0.5, 0.6) is 0 Å². The van der Waals surface area contributed by atoms with Gasteiger partial charge in [0, 0.05) is 16.8 Å². The number of nitrogens with one attached hydrogen (secondary N) is 1. The summed E-state index contributed by atoms with van der Waals surface area (Å²) in [7, 11) is 0. The fourth-order valence-corrected chi connectivity index (χ4v) is 4.72. The molecule has 2 aliphatic carbocycles. The predicted octanol–water partition coefficient (Wildman–Crippen LogP) is 5.64. The Hall–Kier alpha value is -2.35. The van der Waals surface area contributed by atoms with Gasteiger partial charge in [0.15, 0.2) is 0 Å². The molecule has 1 heterocycles. The summed E-state index contributed by atoms with van der Waals surface area (Å²) in [6, 6.07) is 19.1. The molecule has 24 heavy (non-hydrogen) atoms. The quantitative estimate of drug-likeness (QED) is 0.662. The molecular weight excluding hydrogens is 292 g/mol. The molecule has 2 nitrogen and oxygen atoms in total. The fraction of sp³-hybridized carbons (Fsp3) is 0.318. The summed E-state index contributed by atoms with van der Waals surface area (Å²) in [6.07, 6.45) is 7.85. The van der Waals surface area contributed by atoms with Crippen molar-refractivity contribution in [3.8, 4) is 0 Å². The summed E-state index contributed by atoms with van der Waals surface area (Å²) in [6.45, 7) is 0. The molecule has 3 aromatic rings. The van der Waals surface area contributed by atoms with E-state index in [4.69, 9.17) is 4.98 Å². The molecule has 2 aromatic carbocycles. The standard InChI is InChI=1S/C22H22N2/c1-2-8-16(9-3-1)23-21-17-10-4-5-11-19(17)24-20-15-22(14-18(20)21)12-6-7-13-22/h1-5,8-11H,6-7,12-15H2,(H,23,24). The second-order valence-electron chi connectivity index (χ2n) is 7.48. The SMILES string of the molecule is c1ccc(Nc2c3c(nc4ccccc24)CC2(CCCC2)C3)cc1. The van der Waals surface area contributed by atoms with E-state index < -0.39 is 0 Å². The number of benzene rings is 2. The maximum absolute atomic E-state index is 5.04. The van der Waals surface area contributed by atoms with E-state index in [1.54, 1.807) is 0 Å². The highest BCUT2D eigenvalue weighted by Gasteiger charge is 2.41. The zero-order valence-corrected chi connectivity index (χ0v) is 13.9. The minimum atomic E-state index is 0.486. The highest BCUT2D eigenvalue weighted by Crippen LogP contribution is 2.51. The monoisotopic (exact) mass is 314 g/mol.